The molecule has 2 aliphatic rings. The zero-order valence-corrected chi connectivity index (χ0v) is 15.3. The number of nitrogens with one attached hydrogen (secondary N) is 1. The van der Waals surface area contributed by atoms with E-state index >= 15 is 0 Å². The molecule has 0 spiro atoms. The van der Waals surface area contributed by atoms with Crippen molar-refractivity contribution in [1.29, 1.82) is 0 Å². The molecule has 156 valence electrons. The number of carboxylic acids is 1. The lowest BCUT2D eigenvalue weighted by Gasteiger charge is -2.13. The van der Waals surface area contributed by atoms with Crippen molar-refractivity contribution >= 4 is 11.9 Å². The van der Waals surface area contributed by atoms with Gasteiger partial charge in [0, 0.05) is 18.5 Å². The number of rotatable bonds is 4. The number of carbonyl (C=O) groups is 2. The lowest BCUT2D eigenvalue weighted by molar-refractivity contribution is -0.192. The Bertz CT molecular complexity index is 899. The molecule has 2 aliphatic carbocycles. The Hall–Kier alpha value is -2.95. The van der Waals surface area contributed by atoms with E-state index in [-0.39, 0.29) is 18.5 Å². The number of alkyl halides is 3. The molecule has 3 unspecified atom stereocenters. The summed E-state index contributed by atoms with van der Waals surface area (Å²) >= 11 is 0. The molecular weight excluding hydrogens is 391 g/mol. The highest BCUT2D eigenvalue weighted by Crippen LogP contribution is 2.54. The van der Waals surface area contributed by atoms with Gasteiger partial charge in [-0.2, -0.15) is 13.2 Å². The van der Waals surface area contributed by atoms with Crippen LogP contribution in [0.4, 0.5) is 13.2 Å². The number of hydrogen-bond donors (Lipinski definition) is 3. The predicted octanol–water partition coefficient (Wildman–Crippen LogP) is 1.21. The van der Waals surface area contributed by atoms with Crippen molar-refractivity contribution in [2.75, 3.05) is 0 Å². The summed E-state index contributed by atoms with van der Waals surface area (Å²) in [5.74, 6) is -1.68. The molecule has 1 fully saturated rings. The van der Waals surface area contributed by atoms with Gasteiger partial charge in [0.25, 0.3) is 0 Å². The molecule has 0 radical (unpaired) electrons. The van der Waals surface area contributed by atoms with Crippen LogP contribution in [0, 0.1) is 5.92 Å². The van der Waals surface area contributed by atoms with Crippen LogP contribution < -0.4 is 11.1 Å². The summed E-state index contributed by atoms with van der Waals surface area (Å²) in [5, 5.41) is 18.1. The SMILES string of the molecule is NCc1cn(CC(=O)NC2C3CCc4ccccc4C32)nn1.O=C(O)C(F)(F)F. The van der Waals surface area contributed by atoms with Crippen LogP contribution in [0.25, 0.3) is 0 Å². The van der Waals surface area contributed by atoms with Crippen molar-refractivity contribution < 1.29 is 27.9 Å². The maximum atomic E-state index is 12.2. The molecule has 4 rings (SSSR count). The highest BCUT2D eigenvalue weighted by molar-refractivity contribution is 5.77. The number of carbonyl (C=O) groups excluding carboxylic acids is 1. The van der Waals surface area contributed by atoms with Crippen molar-refractivity contribution in [2.24, 2.45) is 11.7 Å². The molecule has 8 nitrogen and oxygen atoms in total. The Balaban J connectivity index is 0.000000298. The predicted molar refractivity (Wildman–Crippen MR) is 94.5 cm³/mol. The molecule has 29 heavy (non-hydrogen) atoms. The average Bonchev–Trinajstić information content (AvgIpc) is 3.17. The van der Waals surface area contributed by atoms with Gasteiger partial charge in [-0.05, 0) is 29.9 Å². The van der Waals surface area contributed by atoms with Crippen molar-refractivity contribution in [1.82, 2.24) is 20.3 Å². The lowest BCUT2D eigenvalue weighted by atomic mass is 9.92. The van der Waals surface area contributed by atoms with Crippen LogP contribution in [0.1, 0.15) is 29.2 Å². The van der Waals surface area contributed by atoms with Crippen molar-refractivity contribution in [2.45, 2.75) is 44.1 Å². The minimum atomic E-state index is -5.08. The molecular formula is C18H20F3N5O3. The molecule has 0 bridgehead atoms. The number of nitrogens with two attached hydrogens (primary N) is 1. The number of halogens is 3. The summed E-state index contributed by atoms with van der Waals surface area (Å²) in [4.78, 5) is 21.1. The second-order valence-corrected chi connectivity index (χ2v) is 6.93. The number of aryl methyl sites for hydroxylation is 1. The zero-order chi connectivity index (χ0) is 21.2. The molecule has 0 aliphatic heterocycles. The third kappa shape index (κ3) is 4.91. The first-order valence-corrected chi connectivity index (χ1v) is 8.97. The summed E-state index contributed by atoms with van der Waals surface area (Å²) < 4.78 is 33.3. The summed E-state index contributed by atoms with van der Waals surface area (Å²) in [6.45, 7) is 0.537. The Kier molecular flexibility index (Phi) is 5.87. The molecule has 4 N–H and O–H groups in total. The maximum Gasteiger partial charge on any atom is 0.490 e. The topological polar surface area (TPSA) is 123 Å². The molecule has 1 aromatic carbocycles. The van der Waals surface area contributed by atoms with E-state index in [1.165, 1.54) is 15.8 Å². The van der Waals surface area contributed by atoms with Crippen molar-refractivity contribution in [3.05, 3.63) is 47.3 Å². The van der Waals surface area contributed by atoms with E-state index in [0.717, 1.165) is 12.8 Å². The van der Waals surface area contributed by atoms with Crippen molar-refractivity contribution in [3.63, 3.8) is 0 Å². The first-order valence-electron chi connectivity index (χ1n) is 8.97. The fourth-order valence-electron chi connectivity index (χ4n) is 3.65. The van der Waals surface area contributed by atoms with Gasteiger partial charge >= 0.3 is 12.1 Å². The smallest absolute Gasteiger partial charge is 0.475 e. The monoisotopic (exact) mass is 411 g/mol. The second kappa shape index (κ2) is 8.19. The van der Waals surface area contributed by atoms with Gasteiger partial charge in [-0.25, -0.2) is 9.48 Å². The molecule has 1 amide bonds. The second-order valence-electron chi connectivity index (χ2n) is 6.93. The van der Waals surface area contributed by atoms with Gasteiger partial charge in [0.2, 0.25) is 5.91 Å². The summed E-state index contributed by atoms with van der Waals surface area (Å²) in [7, 11) is 0. The fourth-order valence-corrected chi connectivity index (χ4v) is 3.65. The Morgan fingerprint density at radius 2 is 2.00 bits per heavy atom. The summed E-state index contributed by atoms with van der Waals surface area (Å²) in [6.07, 6.45) is -1.09. The molecule has 2 aromatic rings. The third-order valence-electron chi connectivity index (χ3n) is 5.00. The van der Waals surface area contributed by atoms with Gasteiger partial charge in [0.15, 0.2) is 0 Å². The largest absolute Gasteiger partial charge is 0.490 e. The summed E-state index contributed by atoms with van der Waals surface area (Å²) in [6, 6.07) is 8.85. The van der Waals surface area contributed by atoms with E-state index in [1.807, 2.05) is 0 Å². The first-order chi connectivity index (χ1) is 13.7. The molecule has 3 atom stereocenters. The molecule has 1 saturated carbocycles. The summed E-state index contributed by atoms with van der Waals surface area (Å²) in [5.41, 5.74) is 9.04. The minimum Gasteiger partial charge on any atom is -0.475 e. The van der Waals surface area contributed by atoms with Crippen LogP contribution in [0.2, 0.25) is 0 Å². The van der Waals surface area contributed by atoms with Gasteiger partial charge in [-0.3, -0.25) is 4.79 Å². The minimum absolute atomic E-state index is 0.00893. The van der Waals surface area contributed by atoms with E-state index in [9.17, 15) is 18.0 Å². The van der Waals surface area contributed by atoms with Crippen LogP contribution in [0.15, 0.2) is 30.5 Å². The Morgan fingerprint density at radius 1 is 1.31 bits per heavy atom. The van der Waals surface area contributed by atoms with E-state index in [1.54, 1.807) is 6.20 Å². The number of nitrogens with zero attached hydrogens (tertiary/aromatic N) is 3. The van der Waals surface area contributed by atoms with Crippen LogP contribution in [-0.2, 0) is 29.1 Å². The highest BCUT2D eigenvalue weighted by Gasteiger charge is 2.53. The maximum absolute atomic E-state index is 12.2. The van der Waals surface area contributed by atoms with Gasteiger partial charge in [0.1, 0.15) is 6.54 Å². The Labute approximate surface area is 163 Å². The number of hydrogen-bond acceptors (Lipinski definition) is 5. The lowest BCUT2D eigenvalue weighted by Crippen LogP contribution is -2.31. The van der Waals surface area contributed by atoms with E-state index in [2.05, 4.69) is 39.9 Å². The normalized spacial score (nSPS) is 21.9. The van der Waals surface area contributed by atoms with E-state index < -0.39 is 12.1 Å². The third-order valence-corrected chi connectivity index (χ3v) is 5.00. The van der Waals surface area contributed by atoms with Crippen LogP contribution in [0.5, 0.6) is 0 Å². The molecule has 1 aromatic heterocycles. The van der Waals surface area contributed by atoms with Gasteiger partial charge < -0.3 is 16.2 Å². The number of benzene rings is 1. The van der Waals surface area contributed by atoms with Crippen molar-refractivity contribution in [3.8, 4) is 0 Å². The Morgan fingerprint density at radius 3 is 2.62 bits per heavy atom. The van der Waals surface area contributed by atoms with Crippen LogP contribution in [-0.4, -0.2) is 44.2 Å². The van der Waals surface area contributed by atoms with Crippen LogP contribution >= 0.6 is 0 Å². The highest BCUT2D eigenvalue weighted by atomic mass is 19.4. The number of aliphatic carboxylic acids is 1. The standard InChI is InChI=1S/C16H19N5O.C2HF3O2/c17-7-11-8-21(20-19-11)9-14(22)18-16-13-6-5-10-3-1-2-4-12(10)15(13)16;3-2(4,5)1(6)7/h1-4,8,13,15-16H,5-7,9,17H2,(H,18,22);(H,6,7). The quantitative estimate of drug-likeness (QED) is 0.695. The molecule has 0 saturated heterocycles. The van der Waals surface area contributed by atoms with Gasteiger partial charge in [-0.15, -0.1) is 5.10 Å². The molecule has 11 heteroatoms. The fraction of sp³-hybridized carbons (Fsp3) is 0.444. The number of amides is 1. The van der Waals surface area contributed by atoms with E-state index in [4.69, 9.17) is 15.6 Å². The molecule has 1 heterocycles. The van der Waals surface area contributed by atoms with Gasteiger partial charge in [0.05, 0.1) is 11.9 Å². The number of fused-ring (bicyclic) bond motifs is 3. The van der Waals surface area contributed by atoms with E-state index in [0.29, 0.717) is 24.1 Å². The number of carboxylic acid groups (broad SMARTS) is 1. The van der Waals surface area contributed by atoms with Crippen LogP contribution in [0.3, 0.4) is 0 Å². The first kappa shape index (κ1) is 20.8. The van der Waals surface area contributed by atoms with Gasteiger partial charge in [-0.1, -0.05) is 29.5 Å². The zero-order valence-electron chi connectivity index (χ0n) is 15.3. The average molecular weight is 411 g/mol. The number of aromatic nitrogens is 3.